The first kappa shape index (κ1) is 11.6. The molecule has 0 aliphatic rings. The molecule has 0 heterocycles. The number of rotatable bonds is 4. The van der Waals surface area contributed by atoms with Gasteiger partial charge in [-0.15, -0.1) is 12.2 Å². The van der Waals surface area contributed by atoms with Gasteiger partial charge in [0, 0.05) is 12.7 Å². The number of hydrogen-bond acceptors (Lipinski definition) is 2. The van der Waals surface area contributed by atoms with E-state index in [1.54, 1.807) is 0 Å². The molecule has 0 aromatic rings. The Kier molecular flexibility index (Phi) is 7.70. The van der Waals surface area contributed by atoms with E-state index in [1.165, 1.54) is 12.2 Å². The predicted octanol–water partition coefficient (Wildman–Crippen LogP) is 0.468. The first-order valence-electron chi connectivity index (χ1n) is 3.97. The van der Waals surface area contributed by atoms with Crippen molar-refractivity contribution < 1.29 is 10.2 Å². The maximum absolute atomic E-state index is 9.20. The highest BCUT2D eigenvalue weighted by atomic mass is 16.3. The van der Waals surface area contributed by atoms with E-state index in [4.69, 9.17) is 11.5 Å². The molecule has 0 bridgehead atoms. The summed E-state index contributed by atoms with van der Waals surface area (Å²) in [6, 6.07) is 0. The summed E-state index contributed by atoms with van der Waals surface area (Å²) >= 11 is 0. The van der Waals surface area contributed by atoms with Gasteiger partial charge in [-0.2, -0.15) is 0 Å². The second kappa shape index (κ2) is 8.65. The zero-order valence-corrected chi connectivity index (χ0v) is 7.33. The topological polar surface area (TPSA) is 40.5 Å². The SMILES string of the molecule is C#CC#CC=C=CC(O)CCCO. The zero-order chi connectivity index (χ0) is 9.94. The quantitative estimate of drug-likeness (QED) is 0.483. The molecule has 2 N–H and O–H groups in total. The highest BCUT2D eigenvalue weighted by Gasteiger charge is 1.95. The second-order valence-electron chi connectivity index (χ2n) is 2.32. The fourth-order valence-electron chi connectivity index (χ4n) is 0.662. The molecule has 0 aliphatic carbocycles. The Hall–Kier alpha value is -1.44. The first-order chi connectivity index (χ1) is 6.31. The van der Waals surface area contributed by atoms with Gasteiger partial charge < -0.3 is 10.2 Å². The fourth-order valence-corrected chi connectivity index (χ4v) is 0.662. The van der Waals surface area contributed by atoms with E-state index in [2.05, 4.69) is 23.5 Å². The van der Waals surface area contributed by atoms with E-state index >= 15 is 0 Å². The van der Waals surface area contributed by atoms with Gasteiger partial charge in [0.15, 0.2) is 0 Å². The molecule has 68 valence electrons. The van der Waals surface area contributed by atoms with Gasteiger partial charge in [-0.1, -0.05) is 5.92 Å². The lowest BCUT2D eigenvalue weighted by Crippen LogP contribution is -2.01. The highest BCUT2D eigenvalue weighted by Crippen LogP contribution is 1.96. The molecule has 1 unspecified atom stereocenters. The molecule has 0 amide bonds. The minimum atomic E-state index is -0.573. The van der Waals surface area contributed by atoms with Crippen molar-refractivity contribution in [3.63, 3.8) is 0 Å². The van der Waals surface area contributed by atoms with Gasteiger partial charge in [0.1, 0.15) is 0 Å². The van der Waals surface area contributed by atoms with Crippen LogP contribution in [0.4, 0.5) is 0 Å². The van der Waals surface area contributed by atoms with Crippen molar-refractivity contribution in [2.24, 2.45) is 0 Å². The van der Waals surface area contributed by atoms with Crippen LogP contribution in [-0.4, -0.2) is 22.9 Å². The van der Waals surface area contributed by atoms with Crippen molar-refractivity contribution in [2.45, 2.75) is 18.9 Å². The van der Waals surface area contributed by atoms with Gasteiger partial charge in [0.25, 0.3) is 0 Å². The third-order valence-electron chi connectivity index (χ3n) is 1.25. The van der Waals surface area contributed by atoms with Crippen molar-refractivity contribution in [2.75, 3.05) is 6.61 Å². The number of aliphatic hydroxyl groups is 2. The summed E-state index contributed by atoms with van der Waals surface area (Å²) in [5, 5.41) is 17.7. The fraction of sp³-hybridized carbons (Fsp3) is 0.364. The highest BCUT2D eigenvalue weighted by molar-refractivity contribution is 5.27. The second-order valence-corrected chi connectivity index (χ2v) is 2.32. The van der Waals surface area contributed by atoms with E-state index in [9.17, 15) is 5.11 Å². The van der Waals surface area contributed by atoms with Crippen molar-refractivity contribution >= 4 is 0 Å². The molecule has 0 fully saturated rings. The third kappa shape index (κ3) is 8.47. The van der Waals surface area contributed by atoms with Crippen LogP contribution in [0.25, 0.3) is 0 Å². The maximum Gasteiger partial charge on any atom is 0.0795 e. The molecule has 0 spiro atoms. The van der Waals surface area contributed by atoms with Gasteiger partial charge in [-0.25, -0.2) is 0 Å². The summed E-state index contributed by atoms with van der Waals surface area (Å²) in [5.41, 5.74) is 2.68. The van der Waals surface area contributed by atoms with E-state index in [0.717, 1.165) is 0 Å². The smallest absolute Gasteiger partial charge is 0.0795 e. The first-order valence-corrected chi connectivity index (χ1v) is 3.97. The van der Waals surface area contributed by atoms with Crippen LogP contribution in [0.3, 0.4) is 0 Å². The Morgan fingerprint density at radius 1 is 1.46 bits per heavy atom. The zero-order valence-electron chi connectivity index (χ0n) is 7.33. The lowest BCUT2D eigenvalue weighted by molar-refractivity contribution is 0.190. The molecule has 0 radical (unpaired) electrons. The lowest BCUT2D eigenvalue weighted by atomic mass is 10.2. The van der Waals surface area contributed by atoms with E-state index < -0.39 is 6.10 Å². The number of aliphatic hydroxyl groups excluding tert-OH is 2. The van der Waals surface area contributed by atoms with Crippen molar-refractivity contribution in [1.82, 2.24) is 0 Å². The maximum atomic E-state index is 9.20. The Labute approximate surface area is 78.6 Å². The van der Waals surface area contributed by atoms with Gasteiger partial charge in [-0.3, -0.25) is 0 Å². The molecule has 0 aliphatic heterocycles. The average Bonchev–Trinajstić information content (AvgIpc) is 2.14. The predicted molar refractivity (Wildman–Crippen MR) is 51.6 cm³/mol. The molecule has 2 nitrogen and oxygen atoms in total. The summed E-state index contributed by atoms with van der Waals surface area (Å²) in [5.74, 6) is 7.06. The van der Waals surface area contributed by atoms with Crippen LogP contribution in [0.5, 0.6) is 0 Å². The Balaban J connectivity index is 3.83. The Bertz CT molecular complexity index is 279. The lowest BCUT2D eigenvalue weighted by Gasteiger charge is -1.99. The largest absolute Gasteiger partial charge is 0.396 e. The molecule has 1 atom stereocenters. The Morgan fingerprint density at radius 2 is 2.23 bits per heavy atom. The molecule has 0 rings (SSSR count). The molecular weight excluding hydrogens is 164 g/mol. The van der Waals surface area contributed by atoms with Crippen molar-refractivity contribution in [1.29, 1.82) is 0 Å². The van der Waals surface area contributed by atoms with Crippen LogP contribution in [0.1, 0.15) is 12.8 Å². The molecule has 0 saturated carbocycles. The van der Waals surface area contributed by atoms with Crippen LogP contribution >= 0.6 is 0 Å². The minimum absolute atomic E-state index is 0.0888. The summed E-state index contributed by atoms with van der Waals surface area (Å²) in [4.78, 5) is 0. The van der Waals surface area contributed by atoms with E-state index in [-0.39, 0.29) is 6.61 Å². The van der Waals surface area contributed by atoms with Gasteiger partial charge in [0.2, 0.25) is 0 Å². The molecule has 0 aromatic carbocycles. The van der Waals surface area contributed by atoms with E-state index in [0.29, 0.717) is 12.8 Å². The average molecular weight is 176 g/mol. The molecule has 0 saturated heterocycles. The monoisotopic (exact) mass is 176 g/mol. The summed E-state index contributed by atoms with van der Waals surface area (Å²) < 4.78 is 0. The van der Waals surface area contributed by atoms with Crippen LogP contribution in [0.15, 0.2) is 17.9 Å². The molecule has 0 aromatic heterocycles. The van der Waals surface area contributed by atoms with Crippen molar-refractivity contribution in [3.05, 3.63) is 17.9 Å². The number of hydrogen-bond donors (Lipinski definition) is 2. The normalized spacial score (nSPS) is 9.92. The van der Waals surface area contributed by atoms with Crippen LogP contribution in [0.2, 0.25) is 0 Å². The molecule has 2 heteroatoms. The van der Waals surface area contributed by atoms with Gasteiger partial charge in [0.05, 0.1) is 6.10 Å². The summed E-state index contributed by atoms with van der Waals surface area (Å²) in [6.07, 6.45) is 8.34. The molecular formula is C11H12O2. The molecule has 13 heavy (non-hydrogen) atoms. The third-order valence-corrected chi connectivity index (χ3v) is 1.25. The van der Waals surface area contributed by atoms with Crippen LogP contribution in [-0.2, 0) is 0 Å². The Morgan fingerprint density at radius 3 is 2.85 bits per heavy atom. The standard InChI is InChI=1S/C11H12O2/c1-2-3-4-5-6-8-11(13)9-7-10-12/h1,5,8,11-13H,7,9-10H2. The van der Waals surface area contributed by atoms with Gasteiger partial charge >= 0.3 is 0 Å². The van der Waals surface area contributed by atoms with Crippen LogP contribution in [0, 0.1) is 24.2 Å². The van der Waals surface area contributed by atoms with Gasteiger partial charge in [-0.05, 0) is 30.8 Å². The van der Waals surface area contributed by atoms with E-state index in [1.807, 2.05) is 0 Å². The van der Waals surface area contributed by atoms with Crippen molar-refractivity contribution in [3.8, 4) is 24.2 Å². The minimum Gasteiger partial charge on any atom is -0.396 e. The van der Waals surface area contributed by atoms with Crippen LogP contribution < -0.4 is 0 Å². The summed E-state index contributed by atoms with van der Waals surface area (Å²) in [6.45, 7) is 0.0888. The number of terminal acetylenes is 1. The summed E-state index contributed by atoms with van der Waals surface area (Å²) in [7, 11) is 0.